The Labute approximate surface area is 184 Å². The Hall–Kier alpha value is -2.26. The van der Waals surface area contributed by atoms with Gasteiger partial charge in [0.05, 0.1) is 6.61 Å². The minimum Gasteiger partial charge on any atom is -0.392 e. The fraction of sp³-hybridized carbons (Fsp3) is 0.391. The van der Waals surface area contributed by atoms with Crippen molar-refractivity contribution in [3.63, 3.8) is 0 Å². The largest absolute Gasteiger partial charge is 0.392 e. The summed E-state index contributed by atoms with van der Waals surface area (Å²) in [6, 6.07) is 4.49. The molecule has 2 nitrogen and oxygen atoms in total. The first-order valence-corrected chi connectivity index (χ1v) is 10.7. The van der Waals surface area contributed by atoms with Crippen molar-refractivity contribution >= 4 is 33.4 Å². The topological polar surface area (TPSA) is 25.2 Å². The number of aliphatic hydroxyl groups is 1. The SMILES string of the molecule is Cc1sc(C)c(C2=C(c3c(C)n(C)c4ccc(CO)cc34)C(F)(F)C(F)(F)C2(F)F)c1C. The number of aryl methyl sites for hydroxylation is 3. The first kappa shape index (κ1) is 22.9. The number of alkyl halides is 6. The number of hydrogen-bond acceptors (Lipinski definition) is 2. The van der Waals surface area contributed by atoms with Gasteiger partial charge in [-0.25, -0.2) is 0 Å². The first-order chi connectivity index (χ1) is 14.7. The van der Waals surface area contributed by atoms with Crippen LogP contribution in [0.25, 0.3) is 22.0 Å². The zero-order valence-corrected chi connectivity index (χ0v) is 18.8. The molecule has 0 bridgehead atoms. The van der Waals surface area contributed by atoms with Crippen molar-refractivity contribution in [1.29, 1.82) is 0 Å². The lowest BCUT2D eigenvalue weighted by atomic mass is 9.91. The first-order valence-electron chi connectivity index (χ1n) is 9.84. The summed E-state index contributed by atoms with van der Waals surface area (Å²) >= 11 is 1.10. The molecule has 0 saturated heterocycles. The molecule has 0 spiro atoms. The summed E-state index contributed by atoms with van der Waals surface area (Å²) in [4.78, 5) is 0.866. The van der Waals surface area contributed by atoms with Gasteiger partial charge >= 0.3 is 17.8 Å². The van der Waals surface area contributed by atoms with E-state index in [2.05, 4.69) is 0 Å². The third-order valence-corrected chi connectivity index (χ3v) is 7.59. The van der Waals surface area contributed by atoms with Gasteiger partial charge in [-0.2, -0.15) is 26.3 Å². The van der Waals surface area contributed by atoms with E-state index >= 15 is 17.6 Å². The van der Waals surface area contributed by atoms with E-state index in [9.17, 15) is 13.9 Å². The average Bonchev–Trinajstić information content (AvgIpc) is 3.14. The molecule has 172 valence electrons. The van der Waals surface area contributed by atoms with E-state index in [4.69, 9.17) is 0 Å². The molecule has 1 aromatic carbocycles. The number of nitrogens with zero attached hydrogens (tertiary/aromatic N) is 1. The van der Waals surface area contributed by atoms with Crippen LogP contribution in [0.3, 0.4) is 0 Å². The Morgan fingerprint density at radius 3 is 1.94 bits per heavy atom. The number of allylic oxidation sites excluding steroid dienone is 2. The number of thiophene rings is 1. The minimum atomic E-state index is -5.61. The Bertz CT molecular complexity index is 1300. The van der Waals surface area contributed by atoms with Crippen LogP contribution in [0.4, 0.5) is 26.3 Å². The van der Waals surface area contributed by atoms with E-state index in [0.717, 1.165) is 11.3 Å². The highest BCUT2D eigenvalue weighted by atomic mass is 32.1. The second-order valence-electron chi connectivity index (χ2n) is 8.22. The van der Waals surface area contributed by atoms with Gasteiger partial charge in [0.15, 0.2) is 0 Å². The zero-order valence-electron chi connectivity index (χ0n) is 18.0. The third-order valence-electron chi connectivity index (χ3n) is 6.47. The molecule has 1 aliphatic carbocycles. The maximum atomic E-state index is 15.3. The second kappa shape index (κ2) is 6.87. The van der Waals surface area contributed by atoms with Crippen molar-refractivity contribution in [2.45, 2.75) is 52.1 Å². The van der Waals surface area contributed by atoms with E-state index in [1.54, 1.807) is 26.1 Å². The summed E-state index contributed by atoms with van der Waals surface area (Å²) in [7, 11) is 1.55. The fourth-order valence-electron chi connectivity index (χ4n) is 4.58. The molecule has 2 aromatic heterocycles. The van der Waals surface area contributed by atoms with Crippen LogP contribution >= 0.6 is 11.3 Å². The van der Waals surface area contributed by atoms with Gasteiger partial charge in [-0.05, 0) is 51.0 Å². The lowest BCUT2D eigenvalue weighted by molar-refractivity contribution is -0.254. The van der Waals surface area contributed by atoms with Gasteiger partial charge < -0.3 is 9.67 Å². The number of aliphatic hydroxyl groups excluding tert-OH is 1. The Morgan fingerprint density at radius 2 is 1.44 bits per heavy atom. The van der Waals surface area contributed by atoms with Crippen molar-refractivity contribution < 1.29 is 31.4 Å². The van der Waals surface area contributed by atoms with Gasteiger partial charge in [0.1, 0.15) is 0 Å². The van der Waals surface area contributed by atoms with Gasteiger partial charge in [0, 0.05) is 55.7 Å². The van der Waals surface area contributed by atoms with Crippen LogP contribution in [-0.2, 0) is 13.7 Å². The number of halogens is 6. The number of rotatable bonds is 3. The average molecular weight is 473 g/mol. The van der Waals surface area contributed by atoms with Crippen LogP contribution in [0.5, 0.6) is 0 Å². The maximum Gasteiger partial charge on any atom is 0.380 e. The van der Waals surface area contributed by atoms with Crippen LogP contribution in [0.1, 0.15) is 37.7 Å². The zero-order chi connectivity index (χ0) is 24.0. The molecule has 0 atom stereocenters. The molecule has 4 rings (SSSR count). The summed E-state index contributed by atoms with van der Waals surface area (Å²) in [5, 5.41) is 9.61. The molecule has 2 heterocycles. The van der Waals surface area contributed by atoms with Crippen LogP contribution in [0, 0.1) is 27.7 Å². The second-order valence-corrected chi connectivity index (χ2v) is 9.65. The summed E-state index contributed by atoms with van der Waals surface area (Å²) < 4.78 is 92.1. The molecule has 0 radical (unpaired) electrons. The molecule has 1 aliphatic rings. The molecule has 1 N–H and O–H groups in total. The predicted octanol–water partition coefficient (Wildman–Crippen LogP) is 6.80. The number of benzene rings is 1. The summed E-state index contributed by atoms with van der Waals surface area (Å²) in [6.07, 6.45) is 0. The number of fused-ring (bicyclic) bond motifs is 1. The maximum absolute atomic E-state index is 15.3. The van der Waals surface area contributed by atoms with Crippen molar-refractivity contribution in [3.8, 4) is 0 Å². The van der Waals surface area contributed by atoms with E-state index in [1.165, 1.54) is 31.4 Å². The Morgan fingerprint density at radius 1 is 0.875 bits per heavy atom. The van der Waals surface area contributed by atoms with E-state index in [0.29, 0.717) is 16.0 Å². The third kappa shape index (κ3) is 2.64. The van der Waals surface area contributed by atoms with Crippen molar-refractivity contribution in [2.24, 2.45) is 7.05 Å². The molecule has 9 heteroatoms. The van der Waals surface area contributed by atoms with Crippen LogP contribution in [0.2, 0.25) is 0 Å². The molecule has 0 saturated carbocycles. The quantitative estimate of drug-likeness (QED) is 0.416. The summed E-state index contributed by atoms with van der Waals surface area (Å²) in [5.74, 6) is -15.8. The highest BCUT2D eigenvalue weighted by molar-refractivity contribution is 7.12. The predicted molar refractivity (Wildman–Crippen MR) is 114 cm³/mol. The molecule has 32 heavy (non-hydrogen) atoms. The van der Waals surface area contributed by atoms with E-state index < -0.39 is 35.5 Å². The standard InChI is InChI=1S/C23H21F6NOS/c1-10-12(3)32-13(4)17(10)19-20(22(26,27)23(28,29)21(19,24)25)18-11(2)30(5)16-7-6-14(9-31)8-15(16)18/h6-8,31H,9H2,1-5H3. The molecule has 0 unspecified atom stereocenters. The number of aromatic nitrogens is 1. The highest BCUT2D eigenvalue weighted by Gasteiger charge is 2.80. The van der Waals surface area contributed by atoms with Crippen molar-refractivity contribution in [3.05, 3.63) is 55.9 Å². The fourth-order valence-corrected chi connectivity index (χ4v) is 5.65. The van der Waals surface area contributed by atoms with Gasteiger partial charge in [0.2, 0.25) is 0 Å². The normalized spacial score (nSPS) is 19.4. The highest BCUT2D eigenvalue weighted by Crippen LogP contribution is 2.66. The van der Waals surface area contributed by atoms with E-state index in [1.807, 2.05) is 0 Å². The number of hydrogen-bond donors (Lipinski definition) is 1. The molecule has 3 aromatic rings. The molecular formula is C23H21F6NOS. The summed E-state index contributed by atoms with van der Waals surface area (Å²) in [5.41, 5.74) is -2.08. The van der Waals surface area contributed by atoms with Crippen molar-refractivity contribution in [2.75, 3.05) is 0 Å². The lowest BCUT2D eigenvalue weighted by Gasteiger charge is -2.26. The van der Waals surface area contributed by atoms with Crippen LogP contribution in [-0.4, -0.2) is 27.4 Å². The van der Waals surface area contributed by atoms with Gasteiger partial charge in [-0.1, -0.05) is 6.07 Å². The van der Waals surface area contributed by atoms with Crippen LogP contribution < -0.4 is 0 Å². The monoisotopic (exact) mass is 473 g/mol. The Balaban J connectivity index is 2.25. The molecular weight excluding hydrogens is 452 g/mol. The van der Waals surface area contributed by atoms with Gasteiger partial charge in [-0.15, -0.1) is 11.3 Å². The lowest BCUT2D eigenvalue weighted by Crippen LogP contribution is -2.49. The van der Waals surface area contributed by atoms with Crippen molar-refractivity contribution in [1.82, 2.24) is 4.57 Å². The summed E-state index contributed by atoms with van der Waals surface area (Å²) in [6.45, 7) is 5.59. The van der Waals surface area contributed by atoms with Crippen LogP contribution in [0.15, 0.2) is 18.2 Å². The molecule has 0 fully saturated rings. The molecule has 0 aliphatic heterocycles. The minimum absolute atomic E-state index is 0.111. The smallest absolute Gasteiger partial charge is 0.380 e. The van der Waals surface area contributed by atoms with Gasteiger partial charge in [-0.3, -0.25) is 0 Å². The van der Waals surface area contributed by atoms with Gasteiger partial charge in [0.25, 0.3) is 0 Å². The molecule has 0 amide bonds. The Kier molecular flexibility index (Phi) is 4.92. The van der Waals surface area contributed by atoms with E-state index in [-0.39, 0.29) is 32.6 Å².